The van der Waals surface area contributed by atoms with Crippen LogP contribution < -0.4 is 0 Å². The molecule has 0 N–H and O–H groups in total. The van der Waals surface area contributed by atoms with E-state index in [9.17, 15) is 9.59 Å². The molecule has 1 fully saturated rings. The van der Waals surface area contributed by atoms with Gasteiger partial charge in [-0.05, 0) is 19.8 Å². The molecule has 0 bridgehead atoms. The van der Waals surface area contributed by atoms with Gasteiger partial charge < -0.3 is 9.57 Å². The van der Waals surface area contributed by atoms with Gasteiger partial charge in [-0.2, -0.15) is 0 Å². The molecule has 0 aromatic heterocycles. The molecule has 0 aliphatic heterocycles. The highest BCUT2D eigenvalue weighted by Crippen LogP contribution is 2.23. The van der Waals surface area contributed by atoms with Gasteiger partial charge in [-0.1, -0.05) is 5.16 Å². The Morgan fingerprint density at radius 1 is 1.43 bits per heavy atom. The molecule has 1 aliphatic rings. The molecule has 0 unspecified atom stereocenters. The smallest absolute Gasteiger partial charge is 0.364 e. The van der Waals surface area contributed by atoms with Crippen molar-refractivity contribution in [3.8, 4) is 0 Å². The minimum absolute atomic E-state index is 0.0683. The van der Waals surface area contributed by atoms with Crippen LogP contribution in [-0.4, -0.2) is 30.2 Å². The van der Waals surface area contributed by atoms with Gasteiger partial charge in [0.25, 0.3) is 0 Å². The van der Waals surface area contributed by atoms with Crippen LogP contribution in [0.25, 0.3) is 0 Å². The molecule has 14 heavy (non-hydrogen) atoms. The van der Waals surface area contributed by atoms with Crippen LogP contribution in [0.3, 0.4) is 0 Å². The third-order valence-electron chi connectivity index (χ3n) is 1.62. The van der Waals surface area contributed by atoms with Gasteiger partial charge in [0.1, 0.15) is 6.10 Å². The van der Waals surface area contributed by atoms with Crippen LogP contribution in [0.15, 0.2) is 5.16 Å². The molecule has 0 heterocycles. The van der Waals surface area contributed by atoms with Crippen molar-refractivity contribution in [1.29, 1.82) is 0 Å². The molecular formula is C9H13NO4. The van der Waals surface area contributed by atoms with Gasteiger partial charge >= 0.3 is 5.97 Å². The number of ether oxygens (including phenoxy) is 1. The first-order chi connectivity index (χ1) is 6.65. The topological polar surface area (TPSA) is 65.0 Å². The largest absolute Gasteiger partial charge is 0.461 e. The van der Waals surface area contributed by atoms with Crippen LogP contribution in [0.1, 0.15) is 26.7 Å². The van der Waals surface area contributed by atoms with Crippen molar-refractivity contribution >= 4 is 17.5 Å². The average molecular weight is 199 g/mol. The fraction of sp³-hybridized carbons (Fsp3) is 0.667. The fourth-order valence-electron chi connectivity index (χ4n) is 0.745. The maximum atomic E-state index is 11.2. The highest BCUT2D eigenvalue weighted by molar-refractivity contribution is 6.63. The lowest BCUT2D eigenvalue weighted by Gasteiger charge is -2.01. The molecule has 0 radical (unpaired) electrons. The van der Waals surface area contributed by atoms with Crippen LogP contribution in [0.5, 0.6) is 0 Å². The molecule has 1 saturated carbocycles. The summed E-state index contributed by atoms with van der Waals surface area (Å²) < 4.78 is 4.65. The fourth-order valence-corrected chi connectivity index (χ4v) is 0.745. The maximum absolute atomic E-state index is 11.2. The lowest BCUT2D eigenvalue weighted by Crippen LogP contribution is -2.24. The van der Waals surface area contributed by atoms with Gasteiger partial charge in [0.05, 0.1) is 6.61 Å². The van der Waals surface area contributed by atoms with E-state index < -0.39 is 11.8 Å². The summed E-state index contributed by atoms with van der Waals surface area (Å²) in [5.41, 5.74) is -0.265. The molecule has 0 spiro atoms. The van der Waals surface area contributed by atoms with E-state index in [0.717, 1.165) is 12.8 Å². The molecule has 5 heteroatoms. The molecule has 1 rings (SSSR count). The summed E-state index contributed by atoms with van der Waals surface area (Å²) in [7, 11) is 0. The highest BCUT2D eigenvalue weighted by atomic mass is 16.6. The third kappa shape index (κ3) is 3.16. The third-order valence-corrected chi connectivity index (χ3v) is 1.62. The summed E-state index contributed by atoms with van der Waals surface area (Å²) >= 11 is 0. The minimum atomic E-state index is -0.722. The number of hydrogen-bond acceptors (Lipinski definition) is 5. The van der Waals surface area contributed by atoms with E-state index >= 15 is 0 Å². The van der Waals surface area contributed by atoms with Crippen molar-refractivity contribution in [3.05, 3.63) is 0 Å². The van der Waals surface area contributed by atoms with Crippen LogP contribution in [0.4, 0.5) is 0 Å². The normalized spacial score (nSPS) is 16.3. The van der Waals surface area contributed by atoms with Crippen molar-refractivity contribution in [2.45, 2.75) is 32.8 Å². The Bertz CT molecular complexity index is 268. The summed E-state index contributed by atoms with van der Waals surface area (Å²) in [5.74, 6) is -1.16. The zero-order chi connectivity index (χ0) is 10.6. The Morgan fingerprint density at radius 2 is 2.07 bits per heavy atom. The number of Topliss-reactive ketones (excluding diaryl/α,β-unsaturated/α-hetero) is 1. The average Bonchev–Trinajstić information content (AvgIpc) is 2.88. The van der Waals surface area contributed by atoms with Crippen LogP contribution in [0.2, 0.25) is 0 Å². The van der Waals surface area contributed by atoms with Crippen LogP contribution in [-0.2, 0) is 19.2 Å². The van der Waals surface area contributed by atoms with E-state index in [1.165, 1.54) is 6.92 Å². The Balaban J connectivity index is 2.56. The van der Waals surface area contributed by atoms with E-state index in [1.807, 2.05) is 0 Å². The van der Waals surface area contributed by atoms with E-state index in [4.69, 9.17) is 4.84 Å². The Hall–Kier alpha value is -1.39. The van der Waals surface area contributed by atoms with Crippen molar-refractivity contribution in [3.63, 3.8) is 0 Å². The second-order valence-electron chi connectivity index (χ2n) is 3.02. The summed E-state index contributed by atoms with van der Waals surface area (Å²) in [6, 6.07) is 0. The van der Waals surface area contributed by atoms with Crippen molar-refractivity contribution in [2.24, 2.45) is 5.16 Å². The molecule has 0 atom stereocenters. The molecular weight excluding hydrogens is 186 g/mol. The monoisotopic (exact) mass is 199 g/mol. The van der Waals surface area contributed by atoms with Gasteiger partial charge in [0.2, 0.25) is 5.71 Å². The predicted octanol–water partition coefficient (Wildman–Crippen LogP) is 0.673. The summed E-state index contributed by atoms with van der Waals surface area (Å²) in [4.78, 5) is 27.1. The molecule has 0 aromatic rings. The van der Waals surface area contributed by atoms with E-state index in [0.29, 0.717) is 0 Å². The SMILES string of the molecule is CCOC(=O)/C(=N/OC1CC1)C(C)=O. The number of ketones is 1. The number of carbonyl (C=O) groups excluding carboxylic acids is 2. The first-order valence-electron chi connectivity index (χ1n) is 4.57. The Morgan fingerprint density at radius 3 is 2.50 bits per heavy atom. The van der Waals surface area contributed by atoms with Crippen LogP contribution in [0, 0.1) is 0 Å². The van der Waals surface area contributed by atoms with Crippen molar-refractivity contribution < 1.29 is 19.2 Å². The van der Waals surface area contributed by atoms with Gasteiger partial charge in [-0.25, -0.2) is 4.79 Å². The van der Waals surface area contributed by atoms with E-state index in [1.54, 1.807) is 6.92 Å². The Kier molecular flexibility index (Phi) is 3.62. The van der Waals surface area contributed by atoms with Gasteiger partial charge in [-0.3, -0.25) is 4.79 Å². The quantitative estimate of drug-likeness (QED) is 0.282. The minimum Gasteiger partial charge on any atom is -0.461 e. The first-order valence-corrected chi connectivity index (χ1v) is 4.57. The molecule has 0 amide bonds. The van der Waals surface area contributed by atoms with Crippen LogP contribution >= 0.6 is 0 Å². The molecule has 78 valence electrons. The van der Waals surface area contributed by atoms with Gasteiger partial charge in [-0.15, -0.1) is 0 Å². The zero-order valence-electron chi connectivity index (χ0n) is 8.28. The first kappa shape index (κ1) is 10.7. The second-order valence-corrected chi connectivity index (χ2v) is 3.02. The number of carbonyl (C=O) groups is 2. The molecule has 5 nitrogen and oxygen atoms in total. The van der Waals surface area contributed by atoms with Gasteiger partial charge in [0.15, 0.2) is 5.78 Å². The number of rotatable bonds is 5. The van der Waals surface area contributed by atoms with E-state index in [-0.39, 0.29) is 18.4 Å². The summed E-state index contributed by atoms with van der Waals surface area (Å²) in [6.45, 7) is 3.14. The van der Waals surface area contributed by atoms with Crippen molar-refractivity contribution in [2.75, 3.05) is 6.61 Å². The number of oxime groups is 1. The summed E-state index contributed by atoms with van der Waals surface area (Å²) in [6.07, 6.45) is 1.92. The standard InChI is InChI=1S/C9H13NO4/c1-3-13-9(12)8(6(2)11)10-14-7-4-5-7/h7H,3-5H2,1-2H3/b10-8+. The number of hydrogen-bond donors (Lipinski definition) is 0. The maximum Gasteiger partial charge on any atom is 0.364 e. The summed E-state index contributed by atoms with van der Waals surface area (Å²) in [5, 5.41) is 3.50. The predicted molar refractivity (Wildman–Crippen MR) is 48.9 cm³/mol. The van der Waals surface area contributed by atoms with Gasteiger partial charge in [0, 0.05) is 6.92 Å². The van der Waals surface area contributed by atoms with Crippen molar-refractivity contribution in [1.82, 2.24) is 0 Å². The molecule has 1 aliphatic carbocycles. The Labute approximate surface area is 82.1 Å². The second kappa shape index (κ2) is 4.74. The molecule has 0 aromatic carbocycles. The zero-order valence-corrected chi connectivity index (χ0v) is 8.28. The molecule has 0 saturated heterocycles. The van der Waals surface area contributed by atoms with E-state index in [2.05, 4.69) is 9.89 Å². The number of esters is 1. The lowest BCUT2D eigenvalue weighted by atomic mass is 10.3. The lowest BCUT2D eigenvalue weighted by molar-refractivity contribution is -0.136. The number of nitrogens with zero attached hydrogens (tertiary/aromatic N) is 1. The highest BCUT2D eigenvalue weighted by Gasteiger charge is 2.26.